The Morgan fingerprint density at radius 3 is 2.33 bits per heavy atom. The number of amides is 1. The van der Waals surface area contributed by atoms with Crippen LogP contribution in [-0.4, -0.2) is 27.6 Å². The molecule has 1 aromatic heterocycles. The Kier molecular flexibility index (Phi) is 4.11. The van der Waals surface area contributed by atoms with Gasteiger partial charge in [-0.25, -0.2) is 0 Å². The van der Waals surface area contributed by atoms with Gasteiger partial charge in [-0.2, -0.15) is 0 Å². The fourth-order valence-corrected chi connectivity index (χ4v) is 4.24. The third kappa shape index (κ3) is 3.56. The highest BCUT2D eigenvalue weighted by molar-refractivity contribution is 5.95. The first-order valence-corrected chi connectivity index (χ1v) is 8.90. The number of pyridine rings is 1. The third-order valence-electron chi connectivity index (χ3n) is 5.02. The summed E-state index contributed by atoms with van der Waals surface area (Å²) in [4.78, 5) is 25.5. The standard InChI is InChI=1S/C19H29N3O2/c1-12-8-9-22(14-6-7-14)17(24)15(12)16(23)20-13-10-18(2,3)21-19(4,5)11-13/h8-9,13-14,21H,6-7,10-11H2,1-5H3,(H,20,23). The maximum absolute atomic E-state index is 12.8. The molecule has 0 spiro atoms. The van der Waals surface area contributed by atoms with E-state index in [9.17, 15) is 9.59 Å². The van der Waals surface area contributed by atoms with Crippen LogP contribution in [0.25, 0.3) is 0 Å². The quantitative estimate of drug-likeness (QED) is 0.895. The van der Waals surface area contributed by atoms with Crippen molar-refractivity contribution in [2.24, 2.45) is 0 Å². The number of nitrogens with zero attached hydrogens (tertiary/aromatic N) is 1. The van der Waals surface area contributed by atoms with Gasteiger partial charge >= 0.3 is 0 Å². The summed E-state index contributed by atoms with van der Waals surface area (Å²) in [6.45, 7) is 10.5. The summed E-state index contributed by atoms with van der Waals surface area (Å²) in [6.07, 6.45) is 5.58. The van der Waals surface area contributed by atoms with Gasteiger partial charge in [0.15, 0.2) is 0 Å². The first-order valence-electron chi connectivity index (χ1n) is 8.90. The highest BCUT2D eigenvalue weighted by Gasteiger charge is 2.38. The van der Waals surface area contributed by atoms with Gasteiger partial charge in [0, 0.05) is 29.4 Å². The molecule has 1 aliphatic heterocycles. The normalized spacial score (nSPS) is 23.0. The monoisotopic (exact) mass is 331 g/mol. The van der Waals surface area contributed by atoms with E-state index in [0.717, 1.165) is 31.2 Å². The Morgan fingerprint density at radius 1 is 1.21 bits per heavy atom. The molecule has 0 aromatic carbocycles. The first-order chi connectivity index (χ1) is 11.1. The van der Waals surface area contributed by atoms with E-state index in [4.69, 9.17) is 0 Å². The van der Waals surface area contributed by atoms with Gasteiger partial charge in [0.25, 0.3) is 11.5 Å². The van der Waals surface area contributed by atoms with Crippen molar-refractivity contribution >= 4 is 5.91 Å². The highest BCUT2D eigenvalue weighted by atomic mass is 16.2. The average molecular weight is 331 g/mol. The Bertz CT molecular complexity index is 698. The van der Waals surface area contributed by atoms with Crippen LogP contribution in [0.4, 0.5) is 0 Å². The zero-order valence-corrected chi connectivity index (χ0v) is 15.4. The Labute approximate surface area is 143 Å². The summed E-state index contributed by atoms with van der Waals surface area (Å²) in [6, 6.07) is 2.23. The molecule has 1 aromatic rings. The summed E-state index contributed by atoms with van der Waals surface area (Å²) >= 11 is 0. The molecule has 0 radical (unpaired) electrons. The van der Waals surface area contributed by atoms with Crippen molar-refractivity contribution in [2.75, 3.05) is 0 Å². The molecule has 0 bridgehead atoms. The second-order valence-electron chi connectivity index (χ2n) is 8.79. The number of aromatic nitrogens is 1. The summed E-state index contributed by atoms with van der Waals surface area (Å²) < 4.78 is 1.72. The van der Waals surface area contributed by atoms with E-state index < -0.39 is 0 Å². The molecular formula is C19H29N3O2. The third-order valence-corrected chi connectivity index (χ3v) is 5.02. The van der Waals surface area contributed by atoms with Crippen LogP contribution in [0.15, 0.2) is 17.1 Å². The van der Waals surface area contributed by atoms with Gasteiger partial charge in [-0.05, 0) is 71.9 Å². The predicted octanol–water partition coefficient (Wildman–Crippen LogP) is 2.53. The smallest absolute Gasteiger partial charge is 0.263 e. The van der Waals surface area contributed by atoms with Gasteiger partial charge in [0.05, 0.1) is 0 Å². The lowest BCUT2D eigenvalue weighted by atomic mass is 9.79. The molecular weight excluding hydrogens is 302 g/mol. The molecule has 3 rings (SSSR count). The van der Waals surface area contributed by atoms with Crippen LogP contribution in [0, 0.1) is 6.92 Å². The van der Waals surface area contributed by atoms with Gasteiger partial charge in [0.1, 0.15) is 5.56 Å². The molecule has 5 nitrogen and oxygen atoms in total. The number of nitrogens with one attached hydrogen (secondary N) is 2. The minimum atomic E-state index is -0.231. The van der Waals surface area contributed by atoms with Crippen LogP contribution in [0.1, 0.15) is 75.3 Å². The van der Waals surface area contributed by atoms with Gasteiger partial charge < -0.3 is 15.2 Å². The molecule has 1 aliphatic carbocycles. The molecule has 0 atom stereocenters. The number of carbonyl (C=O) groups excluding carboxylic acids is 1. The summed E-state index contributed by atoms with van der Waals surface area (Å²) in [5, 5.41) is 6.74. The van der Waals surface area contributed by atoms with Crippen molar-refractivity contribution in [3.05, 3.63) is 33.7 Å². The lowest BCUT2D eigenvalue weighted by Crippen LogP contribution is -2.62. The SMILES string of the molecule is Cc1ccn(C2CC2)c(=O)c1C(=O)NC1CC(C)(C)NC(C)(C)C1. The van der Waals surface area contributed by atoms with E-state index in [1.165, 1.54) is 0 Å². The zero-order chi connectivity index (χ0) is 17.7. The molecule has 24 heavy (non-hydrogen) atoms. The summed E-state index contributed by atoms with van der Waals surface area (Å²) in [7, 11) is 0. The maximum atomic E-state index is 12.8. The molecule has 1 saturated heterocycles. The molecule has 2 fully saturated rings. The van der Waals surface area contributed by atoms with Crippen LogP contribution < -0.4 is 16.2 Å². The maximum Gasteiger partial charge on any atom is 0.263 e. The van der Waals surface area contributed by atoms with E-state index in [1.54, 1.807) is 4.57 Å². The van der Waals surface area contributed by atoms with Crippen LogP contribution >= 0.6 is 0 Å². The Morgan fingerprint density at radius 2 is 1.79 bits per heavy atom. The van der Waals surface area contributed by atoms with Crippen molar-refractivity contribution in [3.63, 3.8) is 0 Å². The number of carbonyl (C=O) groups is 1. The lowest BCUT2D eigenvalue weighted by Gasteiger charge is -2.46. The van der Waals surface area contributed by atoms with E-state index in [0.29, 0.717) is 5.56 Å². The van der Waals surface area contributed by atoms with E-state index in [1.807, 2.05) is 19.2 Å². The molecule has 2 heterocycles. The lowest BCUT2D eigenvalue weighted by molar-refractivity contribution is 0.0870. The van der Waals surface area contributed by atoms with Crippen molar-refractivity contribution in [1.82, 2.24) is 15.2 Å². The predicted molar refractivity (Wildman–Crippen MR) is 95.5 cm³/mol. The van der Waals surface area contributed by atoms with E-state index in [2.05, 4.69) is 38.3 Å². The van der Waals surface area contributed by atoms with Crippen molar-refractivity contribution in [2.45, 2.75) is 83.5 Å². The molecule has 132 valence electrons. The minimum Gasteiger partial charge on any atom is -0.349 e. The number of rotatable bonds is 3. The van der Waals surface area contributed by atoms with Gasteiger partial charge in [-0.15, -0.1) is 0 Å². The van der Waals surface area contributed by atoms with E-state index in [-0.39, 0.29) is 34.6 Å². The van der Waals surface area contributed by atoms with Crippen molar-refractivity contribution in [3.8, 4) is 0 Å². The molecule has 2 aliphatic rings. The largest absolute Gasteiger partial charge is 0.349 e. The Balaban J connectivity index is 1.83. The van der Waals surface area contributed by atoms with Crippen LogP contribution in [0.3, 0.4) is 0 Å². The zero-order valence-electron chi connectivity index (χ0n) is 15.4. The number of hydrogen-bond acceptors (Lipinski definition) is 3. The highest BCUT2D eigenvalue weighted by Crippen LogP contribution is 2.33. The van der Waals surface area contributed by atoms with Crippen LogP contribution in [0.5, 0.6) is 0 Å². The fourth-order valence-electron chi connectivity index (χ4n) is 4.24. The molecule has 1 amide bonds. The molecule has 2 N–H and O–H groups in total. The summed E-state index contributed by atoms with van der Waals surface area (Å²) in [5.41, 5.74) is 0.821. The van der Waals surface area contributed by atoms with Crippen molar-refractivity contribution in [1.29, 1.82) is 0 Å². The van der Waals surface area contributed by atoms with Gasteiger partial charge in [-0.1, -0.05) is 0 Å². The van der Waals surface area contributed by atoms with Gasteiger partial charge in [-0.3, -0.25) is 9.59 Å². The minimum absolute atomic E-state index is 0.0420. The van der Waals surface area contributed by atoms with Crippen LogP contribution in [-0.2, 0) is 0 Å². The number of piperidine rings is 1. The van der Waals surface area contributed by atoms with Crippen molar-refractivity contribution < 1.29 is 4.79 Å². The number of hydrogen-bond donors (Lipinski definition) is 2. The second-order valence-corrected chi connectivity index (χ2v) is 8.79. The summed E-state index contributed by atoms with van der Waals surface area (Å²) in [5.74, 6) is -0.231. The molecule has 5 heteroatoms. The first kappa shape index (κ1) is 17.2. The average Bonchev–Trinajstić information content (AvgIpc) is 3.18. The van der Waals surface area contributed by atoms with Crippen LogP contribution in [0.2, 0.25) is 0 Å². The molecule has 1 saturated carbocycles. The topological polar surface area (TPSA) is 63.1 Å². The fraction of sp³-hybridized carbons (Fsp3) is 0.684. The number of aryl methyl sites for hydroxylation is 1. The molecule has 0 unspecified atom stereocenters. The second kappa shape index (κ2) is 5.73. The Hall–Kier alpha value is -1.62. The van der Waals surface area contributed by atoms with E-state index >= 15 is 0 Å². The van der Waals surface area contributed by atoms with Gasteiger partial charge in [0.2, 0.25) is 0 Å².